The quantitative estimate of drug-likeness (QED) is 0.829. The van der Waals surface area contributed by atoms with Crippen LogP contribution in [0.15, 0.2) is 28.7 Å². The van der Waals surface area contributed by atoms with Crippen molar-refractivity contribution in [3.63, 3.8) is 0 Å². The van der Waals surface area contributed by atoms with Crippen molar-refractivity contribution in [2.75, 3.05) is 26.2 Å². The molecule has 0 aliphatic carbocycles. The molecule has 1 aromatic carbocycles. The smallest absolute Gasteiger partial charge is 0.260 e. The van der Waals surface area contributed by atoms with Gasteiger partial charge in [0.1, 0.15) is 5.75 Å². The van der Waals surface area contributed by atoms with E-state index in [2.05, 4.69) is 28.2 Å². The van der Waals surface area contributed by atoms with Crippen LogP contribution in [-0.2, 0) is 4.79 Å². The van der Waals surface area contributed by atoms with Crippen molar-refractivity contribution in [1.82, 2.24) is 10.2 Å². The number of hydrogen-bond donors (Lipinski definition) is 1. The summed E-state index contributed by atoms with van der Waals surface area (Å²) < 4.78 is 6.55. The topological polar surface area (TPSA) is 41.6 Å². The van der Waals surface area contributed by atoms with E-state index in [-0.39, 0.29) is 24.9 Å². The van der Waals surface area contributed by atoms with Crippen molar-refractivity contribution in [3.05, 3.63) is 28.7 Å². The molecule has 0 aromatic heterocycles. The number of nitrogens with one attached hydrogen (secondary N) is 1. The molecule has 1 amide bonds. The van der Waals surface area contributed by atoms with Gasteiger partial charge in [0.2, 0.25) is 0 Å². The molecule has 1 aromatic rings. The van der Waals surface area contributed by atoms with Crippen molar-refractivity contribution >= 4 is 34.2 Å². The molecule has 1 N–H and O–H groups in total. The molecule has 1 atom stereocenters. The van der Waals surface area contributed by atoms with Gasteiger partial charge in [0.05, 0.1) is 0 Å². The number of rotatable bonds is 6. The van der Waals surface area contributed by atoms with Gasteiger partial charge >= 0.3 is 0 Å². The highest BCUT2D eigenvalue weighted by Crippen LogP contribution is 2.18. The number of carbonyl (C=O) groups is 1. The standard InChI is InChI=1S/C15H21BrN2O2.ClH/c1-2-8-18(13-6-7-17-10-13)15(19)11-20-14-5-3-4-12(16)9-14;/h3-5,9,13,17H,2,6-8,10-11H2,1H3;1H. The number of ether oxygens (including phenoxy) is 1. The average molecular weight is 378 g/mol. The van der Waals surface area contributed by atoms with E-state index in [0.717, 1.165) is 36.9 Å². The van der Waals surface area contributed by atoms with Crippen LogP contribution in [0.4, 0.5) is 0 Å². The summed E-state index contributed by atoms with van der Waals surface area (Å²) in [6, 6.07) is 7.87. The molecule has 21 heavy (non-hydrogen) atoms. The van der Waals surface area contributed by atoms with E-state index in [0.29, 0.717) is 11.8 Å². The van der Waals surface area contributed by atoms with Crippen molar-refractivity contribution < 1.29 is 9.53 Å². The van der Waals surface area contributed by atoms with Gasteiger partial charge in [0, 0.05) is 23.6 Å². The second-order valence-electron chi connectivity index (χ2n) is 4.98. The third kappa shape index (κ3) is 5.49. The molecule has 1 unspecified atom stereocenters. The first-order valence-electron chi connectivity index (χ1n) is 7.09. The minimum Gasteiger partial charge on any atom is -0.484 e. The van der Waals surface area contributed by atoms with E-state index in [1.807, 2.05) is 29.2 Å². The van der Waals surface area contributed by atoms with Crippen LogP contribution in [0.5, 0.6) is 5.75 Å². The Bertz CT molecular complexity index is 453. The Morgan fingerprint density at radius 2 is 2.33 bits per heavy atom. The zero-order chi connectivity index (χ0) is 14.4. The van der Waals surface area contributed by atoms with Crippen LogP contribution in [0.2, 0.25) is 0 Å². The Labute approximate surface area is 140 Å². The maximum atomic E-state index is 12.3. The van der Waals surface area contributed by atoms with Crippen LogP contribution in [0.1, 0.15) is 19.8 Å². The number of benzene rings is 1. The second kappa shape index (κ2) is 9.28. The largest absolute Gasteiger partial charge is 0.484 e. The van der Waals surface area contributed by atoms with Gasteiger partial charge in [-0.3, -0.25) is 4.79 Å². The first-order chi connectivity index (χ1) is 9.70. The molecule has 1 aliphatic rings. The first-order valence-corrected chi connectivity index (χ1v) is 7.88. The Hall–Kier alpha value is -0.780. The molecule has 2 rings (SSSR count). The minimum atomic E-state index is 0. The molecule has 1 heterocycles. The van der Waals surface area contributed by atoms with E-state index in [1.54, 1.807) is 0 Å². The predicted molar refractivity (Wildman–Crippen MR) is 90.2 cm³/mol. The number of hydrogen-bond acceptors (Lipinski definition) is 3. The van der Waals surface area contributed by atoms with E-state index in [9.17, 15) is 4.79 Å². The van der Waals surface area contributed by atoms with E-state index < -0.39 is 0 Å². The molecule has 1 saturated heterocycles. The molecule has 1 aliphatic heterocycles. The van der Waals surface area contributed by atoms with Crippen LogP contribution >= 0.6 is 28.3 Å². The number of halogens is 2. The zero-order valence-electron chi connectivity index (χ0n) is 12.2. The maximum Gasteiger partial charge on any atom is 0.260 e. The predicted octanol–water partition coefficient (Wildman–Crippen LogP) is 2.85. The van der Waals surface area contributed by atoms with Crippen LogP contribution in [0.3, 0.4) is 0 Å². The van der Waals surface area contributed by atoms with Gasteiger partial charge in [0.25, 0.3) is 5.91 Å². The lowest BCUT2D eigenvalue weighted by Gasteiger charge is -2.28. The molecule has 0 bridgehead atoms. The fourth-order valence-corrected chi connectivity index (χ4v) is 2.82. The highest BCUT2D eigenvalue weighted by Gasteiger charge is 2.25. The third-order valence-electron chi connectivity index (χ3n) is 3.42. The Kier molecular flexibility index (Phi) is 8.07. The fourth-order valence-electron chi connectivity index (χ4n) is 2.44. The Balaban J connectivity index is 0.00000220. The summed E-state index contributed by atoms with van der Waals surface area (Å²) >= 11 is 3.39. The summed E-state index contributed by atoms with van der Waals surface area (Å²) in [5, 5.41) is 3.31. The average Bonchev–Trinajstić information content (AvgIpc) is 2.96. The molecular weight excluding hydrogens is 356 g/mol. The van der Waals surface area contributed by atoms with E-state index in [1.165, 1.54) is 0 Å². The van der Waals surface area contributed by atoms with Crippen molar-refractivity contribution in [2.45, 2.75) is 25.8 Å². The molecule has 0 saturated carbocycles. The summed E-state index contributed by atoms with van der Waals surface area (Å²) in [5.74, 6) is 0.786. The molecule has 118 valence electrons. The fraction of sp³-hybridized carbons (Fsp3) is 0.533. The summed E-state index contributed by atoms with van der Waals surface area (Å²) in [4.78, 5) is 14.3. The van der Waals surface area contributed by atoms with Crippen LogP contribution in [0.25, 0.3) is 0 Å². The summed E-state index contributed by atoms with van der Waals surface area (Å²) in [5.41, 5.74) is 0. The lowest BCUT2D eigenvalue weighted by molar-refractivity contribution is -0.135. The molecular formula is C15H22BrClN2O2. The van der Waals surface area contributed by atoms with E-state index in [4.69, 9.17) is 4.74 Å². The van der Waals surface area contributed by atoms with Gasteiger partial charge in [-0.15, -0.1) is 12.4 Å². The maximum absolute atomic E-state index is 12.3. The zero-order valence-corrected chi connectivity index (χ0v) is 14.6. The number of nitrogens with zero attached hydrogens (tertiary/aromatic N) is 1. The minimum absolute atomic E-state index is 0. The van der Waals surface area contributed by atoms with Crippen molar-refractivity contribution in [2.24, 2.45) is 0 Å². The van der Waals surface area contributed by atoms with Crippen molar-refractivity contribution in [3.8, 4) is 5.75 Å². The Morgan fingerprint density at radius 3 is 2.95 bits per heavy atom. The normalized spacial score (nSPS) is 17.1. The highest BCUT2D eigenvalue weighted by atomic mass is 79.9. The molecule has 0 radical (unpaired) electrons. The third-order valence-corrected chi connectivity index (χ3v) is 3.91. The summed E-state index contributed by atoms with van der Waals surface area (Å²) in [6.07, 6.45) is 2.00. The van der Waals surface area contributed by atoms with Crippen molar-refractivity contribution in [1.29, 1.82) is 0 Å². The summed E-state index contributed by atoms with van der Waals surface area (Å²) in [6.45, 7) is 4.88. The Morgan fingerprint density at radius 1 is 1.52 bits per heavy atom. The highest BCUT2D eigenvalue weighted by molar-refractivity contribution is 9.10. The van der Waals surface area contributed by atoms with Crippen LogP contribution < -0.4 is 10.1 Å². The second-order valence-corrected chi connectivity index (χ2v) is 5.90. The molecule has 1 fully saturated rings. The van der Waals surface area contributed by atoms with Gasteiger partial charge in [-0.05, 0) is 37.6 Å². The lowest BCUT2D eigenvalue weighted by Crippen LogP contribution is -2.44. The van der Waals surface area contributed by atoms with Gasteiger partial charge in [-0.2, -0.15) is 0 Å². The van der Waals surface area contributed by atoms with Crippen LogP contribution in [-0.4, -0.2) is 43.1 Å². The molecule has 6 heteroatoms. The lowest BCUT2D eigenvalue weighted by atomic mass is 10.2. The van der Waals surface area contributed by atoms with Gasteiger partial charge < -0.3 is 15.0 Å². The summed E-state index contributed by atoms with van der Waals surface area (Å²) in [7, 11) is 0. The van der Waals surface area contributed by atoms with Gasteiger partial charge in [-0.1, -0.05) is 28.9 Å². The monoisotopic (exact) mass is 376 g/mol. The van der Waals surface area contributed by atoms with Crippen LogP contribution in [0, 0.1) is 0 Å². The van der Waals surface area contributed by atoms with E-state index >= 15 is 0 Å². The molecule has 4 nitrogen and oxygen atoms in total. The molecule has 0 spiro atoms. The SMILES string of the molecule is CCCN(C(=O)COc1cccc(Br)c1)C1CCNC1.Cl. The van der Waals surface area contributed by atoms with Gasteiger partial charge in [-0.25, -0.2) is 0 Å². The number of amides is 1. The number of carbonyl (C=O) groups excluding carboxylic acids is 1. The first kappa shape index (κ1) is 18.3. The van der Waals surface area contributed by atoms with Gasteiger partial charge in [0.15, 0.2) is 6.61 Å².